The van der Waals surface area contributed by atoms with Crippen molar-refractivity contribution in [2.45, 2.75) is 118 Å². The van der Waals surface area contributed by atoms with Crippen LogP contribution in [0.15, 0.2) is 0 Å². The average molecular weight is 321 g/mol. The fourth-order valence-corrected chi connectivity index (χ4v) is 3.29. The van der Waals surface area contributed by atoms with Crippen molar-refractivity contribution < 1.29 is 0 Å². The highest BCUT2D eigenvalue weighted by Crippen LogP contribution is 2.22. The Morgan fingerprint density at radius 2 is 1.26 bits per heavy atom. The maximum Gasteiger partial charge on any atom is 0.0659 e. The SMILES string of the molecule is CCCCCc1nn(CCCC)c(CCCCC)c1CCCC. The van der Waals surface area contributed by atoms with Crippen LogP contribution in [-0.2, 0) is 25.8 Å². The molecule has 0 fully saturated rings. The van der Waals surface area contributed by atoms with E-state index in [0.717, 1.165) is 6.54 Å². The quantitative estimate of drug-likeness (QED) is 0.358. The van der Waals surface area contributed by atoms with Gasteiger partial charge in [0.2, 0.25) is 0 Å². The molecule has 0 aliphatic heterocycles. The molecule has 0 aliphatic carbocycles. The minimum atomic E-state index is 1.12. The van der Waals surface area contributed by atoms with Gasteiger partial charge in [0.15, 0.2) is 0 Å². The number of hydrogen-bond acceptors (Lipinski definition) is 1. The van der Waals surface area contributed by atoms with E-state index in [0.29, 0.717) is 0 Å². The Kier molecular flexibility index (Phi) is 11.1. The van der Waals surface area contributed by atoms with Crippen LogP contribution in [0.25, 0.3) is 0 Å². The van der Waals surface area contributed by atoms with Crippen LogP contribution in [0.4, 0.5) is 0 Å². The van der Waals surface area contributed by atoms with Crippen LogP contribution in [0.3, 0.4) is 0 Å². The number of unbranched alkanes of at least 4 members (excludes halogenated alkanes) is 6. The summed E-state index contributed by atoms with van der Waals surface area (Å²) in [6.07, 6.45) is 16.7. The Balaban J connectivity index is 2.94. The molecule has 0 bridgehead atoms. The average Bonchev–Trinajstić information content (AvgIpc) is 2.88. The largest absolute Gasteiger partial charge is 0.269 e. The topological polar surface area (TPSA) is 17.8 Å². The van der Waals surface area contributed by atoms with Gasteiger partial charge in [-0.3, -0.25) is 4.68 Å². The van der Waals surface area contributed by atoms with Gasteiger partial charge in [-0.1, -0.05) is 66.2 Å². The first-order chi connectivity index (χ1) is 11.3. The summed E-state index contributed by atoms with van der Waals surface area (Å²) < 4.78 is 2.38. The molecule has 23 heavy (non-hydrogen) atoms. The lowest BCUT2D eigenvalue weighted by Crippen LogP contribution is -2.06. The van der Waals surface area contributed by atoms with Gasteiger partial charge in [-0.25, -0.2) is 0 Å². The lowest BCUT2D eigenvalue weighted by atomic mass is 9.99. The molecule has 0 atom stereocenters. The van der Waals surface area contributed by atoms with E-state index in [1.54, 1.807) is 11.3 Å². The van der Waals surface area contributed by atoms with E-state index in [2.05, 4.69) is 32.4 Å². The first-order valence-corrected chi connectivity index (χ1v) is 10.4. The van der Waals surface area contributed by atoms with E-state index in [4.69, 9.17) is 5.10 Å². The molecule has 0 unspecified atom stereocenters. The van der Waals surface area contributed by atoms with E-state index in [-0.39, 0.29) is 0 Å². The van der Waals surface area contributed by atoms with Gasteiger partial charge < -0.3 is 0 Å². The zero-order valence-electron chi connectivity index (χ0n) is 16.3. The molecule has 134 valence electrons. The van der Waals surface area contributed by atoms with E-state index in [1.165, 1.54) is 89.2 Å². The first kappa shape index (κ1) is 20.3. The van der Waals surface area contributed by atoms with Crippen molar-refractivity contribution >= 4 is 0 Å². The van der Waals surface area contributed by atoms with E-state index in [9.17, 15) is 0 Å². The lowest BCUT2D eigenvalue weighted by Gasteiger charge is -2.09. The molecule has 2 heteroatoms. The van der Waals surface area contributed by atoms with Crippen molar-refractivity contribution in [3.8, 4) is 0 Å². The third-order valence-corrected chi connectivity index (χ3v) is 4.79. The van der Waals surface area contributed by atoms with Crippen molar-refractivity contribution in [3.63, 3.8) is 0 Å². The Morgan fingerprint density at radius 1 is 0.652 bits per heavy atom. The Hall–Kier alpha value is -0.790. The van der Waals surface area contributed by atoms with Crippen LogP contribution in [0, 0.1) is 0 Å². The number of nitrogens with zero attached hydrogens (tertiary/aromatic N) is 2. The number of hydrogen-bond donors (Lipinski definition) is 0. The monoisotopic (exact) mass is 320 g/mol. The van der Waals surface area contributed by atoms with E-state index in [1.807, 2.05) is 0 Å². The molecule has 1 aromatic rings. The smallest absolute Gasteiger partial charge is 0.0659 e. The number of aromatic nitrogens is 2. The van der Waals surface area contributed by atoms with Crippen LogP contribution in [0.5, 0.6) is 0 Å². The van der Waals surface area contributed by atoms with Crippen molar-refractivity contribution in [2.24, 2.45) is 0 Å². The Bertz CT molecular complexity index is 406. The molecule has 2 nitrogen and oxygen atoms in total. The summed E-state index contributed by atoms with van der Waals surface area (Å²) in [5.41, 5.74) is 4.62. The zero-order chi connectivity index (χ0) is 16.9. The lowest BCUT2D eigenvalue weighted by molar-refractivity contribution is 0.532. The summed E-state index contributed by atoms with van der Waals surface area (Å²) in [5, 5.41) is 5.07. The molecule has 0 amide bonds. The molecular weight excluding hydrogens is 280 g/mol. The third-order valence-electron chi connectivity index (χ3n) is 4.79. The second-order valence-corrected chi connectivity index (χ2v) is 6.97. The maximum atomic E-state index is 5.07. The van der Waals surface area contributed by atoms with Gasteiger partial charge in [0.1, 0.15) is 0 Å². The molecule has 0 spiro atoms. The van der Waals surface area contributed by atoms with E-state index < -0.39 is 0 Å². The van der Waals surface area contributed by atoms with Crippen molar-refractivity contribution in [1.82, 2.24) is 9.78 Å². The fraction of sp³-hybridized carbons (Fsp3) is 0.857. The van der Waals surface area contributed by atoms with Gasteiger partial charge in [0, 0.05) is 12.2 Å². The fourth-order valence-electron chi connectivity index (χ4n) is 3.29. The van der Waals surface area contributed by atoms with Gasteiger partial charge in [-0.2, -0.15) is 5.10 Å². The standard InChI is InChI=1S/C21H40N2/c1-5-9-13-16-20-19(15-11-7-3)21(17-14-10-6-2)23(22-20)18-12-8-4/h5-18H2,1-4H3. The predicted molar refractivity (Wildman–Crippen MR) is 102 cm³/mol. The van der Waals surface area contributed by atoms with Gasteiger partial charge in [0.25, 0.3) is 0 Å². The molecule has 1 aromatic heterocycles. The van der Waals surface area contributed by atoms with Gasteiger partial charge in [-0.05, 0) is 50.5 Å². The highest BCUT2D eigenvalue weighted by Gasteiger charge is 2.16. The predicted octanol–water partition coefficient (Wildman–Crippen LogP) is 6.49. The number of rotatable bonds is 14. The summed E-state index contributed by atoms with van der Waals surface area (Å²) in [5.74, 6) is 0. The van der Waals surface area contributed by atoms with Gasteiger partial charge in [-0.15, -0.1) is 0 Å². The minimum absolute atomic E-state index is 1.12. The second-order valence-electron chi connectivity index (χ2n) is 6.97. The summed E-state index contributed by atoms with van der Waals surface area (Å²) in [6, 6.07) is 0. The van der Waals surface area contributed by atoms with E-state index >= 15 is 0 Å². The normalized spacial score (nSPS) is 11.3. The van der Waals surface area contributed by atoms with Crippen LogP contribution < -0.4 is 0 Å². The molecule has 0 saturated carbocycles. The van der Waals surface area contributed by atoms with Crippen LogP contribution in [0.2, 0.25) is 0 Å². The highest BCUT2D eigenvalue weighted by atomic mass is 15.3. The highest BCUT2D eigenvalue weighted by molar-refractivity contribution is 5.27. The molecular formula is C21H40N2. The second kappa shape index (κ2) is 12.6. The number of aryl methyl sites for hydroxylation is 2. The van der Waals surface area contributed by atoms with Crippen molar-refractivity contribution in [3.05, 3.63) is 17.0 Å². The zero-order valence-corrected chi connectivity index (χ0v) is 16.3. The molecule has 0 N–H and O–H groups in total. The summed E-state index contributed by atoms with van der Waals surface area (Å²) in [7, 11) is 0. The minimum Gasteiger partial charge on any atom is -0.269 e. The van der Waals surface area contributed by atoms with Crippen molar-refractivity contribution in [2.75, 3.05) is 0 Å². The first-order valence-electron chi connectivity index (χ1n) is 10.4. The Morgan fingerprint density at radius 3 is 1.87 bits per heavy atom. The van der Waals surface area contributed by atoms with Crippen LogP contribution in [0.1, 0.15) is 109 Å². The third kappa shape index (κ3) is 7.10. The van der Waals surface area contributed by atoms with Crippen LogP contribution >= 0.6 is 0 Å². The van der Waals surface area contributed by atoms with Gasteiger partial charge in [0.05, 0.1) is 5.69 Å². The molecule has 1 heterocycles. The van der Waals surface area contributed by atoms with Crippen molar-refractivity contribution in [1.29, 1.82) is 0 Å². The van der Waals surface area contributed by atoms with Crippen LogP contribution in [-0.4, -0.2) is 9.78 Å². The van der Waals surface area contributed by atoms with Gasteiger partial charge >= 0.3 is 0 Å². The summed E-state index contributed by atoms with van der Waals surface area (Å²) >= 11 is 0. The molecule has 0 radical (unpaired) electrons. The summed E-state index contributed by atoms with van der Waals surface area (Å²) in [6.45, 7) is 10.3. The molecule has 0 aliphatic rings. The molecule has 0 aromatic carbocycles. The Labute approximate surface area is 145 Å². The summed E-state index contributed by atoms with van der Waals surface area (Å²) in [4.78, 5) is 0. The molecule has 1 rings (SSSR count). The maximum absolute atomic E-state index is 5.07. The molecule has 0 saturated heterocycles.